The molecule has 1 aliphatic heterocycles. The number of benzene rings is 2. The molecular weight excluding hydrogens is 394 g/mol. The molecule has 1 amide bonds. The molecule has 150 valence electrons. The van der Waals surface area contributed by atoms with Crippen LogP contribution < -0.4 is 10.6 Å². The second kappa shape index (κ2) is 7.54. The number of ketones is 1. The minimum Gasteiger partial charge on any atom is -0.362 e. The van der Waals surface area contributed by atoms with Crippen molar-refractivity contribution in [3.05, 3.63) is 82.7 Å². The molecule has 2 heterocycles. The first-order chi connectivity index (χ1) is 14.6. The van der Waals surface area contributed by atoms with Crippen molar-refractivity contribution in [3.63, 3.8) is 0 Å². The first-order valence-corrected chi connectivity index (χ1v) is 10.9. The van der Waals surface area contributed by atoms with Crippen molar-refractivity contribution in [2.75, 3.05) is 5.32 Å². The predicted molar refractivity (Wildman–Crippen MR) is 119 cm³/mol. The summed E-state index contributed by atoms with van der Waals surface area (Å²) in [6, 6.07) is 17.6. The SMILES string of the molecule is CC1=C(C(=O)Nc2nc3ccccc3s2)C(c2ccccc2)C2=C(CCCC2=O)N1. The Labute approximate surface area is 178 Å². The molecule has 0 spiro atoms. The highest BCUT2D eigenvalue weighted by Gasteiger charge is 2.38. The second-order valence-electron chi connectivity index (χ2n) is 7.62. The fourth-order valence-corrected chi connectivity index (χ4v) is 5.21. The Morgan fingerprint density at radius 2 is 1.87 bits per heavy atom. The van der Waals surface area contributed by atoms with Crippen molar-refractivity contribution in [3.8, 4) is 0 Å². The first-order valence-electron chi connectivity index (χ1n) is 10.1. The third-order valence-electron chi connectivity index (χ3n) is 5.67. The number of para-hydroxylation sites is 1. The van der Waals surface area contributed by atoms with Crippen LogP contribution in [0.25, 0.3) is 10.2 Å². The van der Waals surface area contributed by atoms with Gasteiger partial charge in [-0.1, -0.05) is 53.8 Å². The number of allylic oxidation sites excluding steroid dienone is 3. The summed E-state index contributed by atoms with van der Waals surface area (Å²) in [5.41, 5.74) is 4.86. The standard InChI is InChI=1S/C24H21N3O2S/c1-14-20(23(29)27-24-26-16-10-5-6-13-19(16)30-24)21(15-8-3-2-4-9-15)22-17(25-14)11-7-12-18(22)28/h2-6,8-10,13,21,25H,7,11-12H2,1H3,(H,26,27,29). The van der Waals surface area contributed by atoms with Gasteiger partial charge in [0.1, 0.15) is 0 Å². The quantitative estimate of drug-likeness (QED) is 0.638. The Hall–Kier alpha value is -3.25. The summed E-state index contributed by atoms with van der Waals surface area (Å²) in [5, 5.41) is 6.89. The summed E-state index contributed by atoms with van der Waals surface area (Å²) < 4.78 is 1.02. The normalized spacial score (nSPS) is 19.0. The summed E-state index contributed by atoms with van der Waals surface area (Å²) in [7, 11) is 0. The van der Waals surface area contributed by atoms with E-state index in [1.807, 2.05) is 61.5 Å². The van der Waals surface area contributed by atoms with Crippen LogP contribution in [0, 0.1) is 0 Å². The Kier molecular flexibility index (Phi) is 4.71. The van der Waals surface area contributed by atoms with Crippen molar-refractivity contribution in [2.24, 2.45) is 0 Å². The van der Waals surface area contributed by atoms with Gasteiger partial charge < -0.3 is 5.32 Å². The van der Waals surface area contributed by atoms with Crippen LogP contribution in [0.5, 0.6) is 0 Å². The number of amides is 1. The molecular formula is C24H21N3O2S. The summed E-state index contributed by atoms with van der Waals surface area (Å²) in [6.45, 7) is 1.91. The van der Waals surface area contributed by atoms with Gasteiger partial charge in [-0.05, 0) is 37.5 Å². The lowest BCUT2D eigenvalue weighted by Gasteiger charge is -2.34. The maximum absolute atomic E-state index is 13.4. The van der Waals surface area contributed by atoms with E-state index in [1.165, 1.54) is 11.3 Å². The van der Waals surface area contributed by atoms with E-state index in [2.05, 4.69) is 15.6 Å². The van der Waals surface area contributed by atoms with Crippen LogP contribution in [-0.2, 0) is 9.59 Å². The number of carbonyl (C=O) groups is 2. The number of aromatic nitrogens is 1. The van der Waals surface area contributed by atoms with E-state index < -0.39 is 0 Å². The van der Waals surface area contributed by atoms with Gasteiger partial charge in [-0.3, -0.25) is 14.9 Å². The fraction of sp³-hybridized carbons (Fsp3) is 0.208. The molecule has 3 aromatic rings. The summed E-state index contributed by atoms with van der Waals surface area (Å²) in [6.07, 6.45) is 2.19. The maximum Gasteiger partial charge on any atom is 0.256 e. The van der Waals surface area contributed by atoms with Gasteiger partial charge in [-0.2, -0.15) is 0 Å². The molecule has 0 saturated heterocycles. The van der Waals surface area contributed by atoms with Crippen LogP contribution in [0.4, 0.5) is 5.13 Å². The zero-order chi connectivity index (χ0) is 20.7. The second-order valence-corrected chi connectivity index (χ2v) is 8.65. The minimum atomic E-state index is -0.371. The molecule has 2 N–H and O–H groups in total. The first kappa shape index (κ1) is 18.8. The third-order valence-corrected chi connectivity index (χ3v) is 6.62. The number of fused-ring (bicyclic) bond motifs is 1. The predicted octanol–water partition coefficient (Wildman–Crippen LogP) is 4.90. The number of hydrogen-bond donors (Lipinski definition) is 2. The van der Waals surface area contributed by atoms with Crippen molar-refractivity contribution >= 4 is 38.4 Å². The zero-order valence-electron chi connectivity index (χ0n) is 16.6. The van der Waals surface area contributed by atoms with Gasteiger partial charge in [0, 0.05) is 34.9 Å². The molecule has 30 heavy (non-hydrogen) atoms. The number of nitrogens with zero attached hydrogens (tertiary/aromatic N) is 1. The van der Waals surface area contributed by atoms with Crippen LogP contribution in [0.1, 0.15) is 37.7 Å². The molecule has 0 fully saturated rings. The number of nitrogens with one attached hydrogen (secondary N) is 2. The van der Waals surface area contributed by atoms with Crippen LogP contribution in [0.3, 0.4) is 0 Å². The van der Waals surface area contributed by atoms with Crippen LogP contribution in [0.2, 0.25) is 0 Å². The molecule has 5 rings (SSSR count). The van der Waals surface area contributed by atoms with E-state index in [4.69, 9.17) is 0 Å². The topological polar surface area (TPSA) is 71.1 Å². The number of dihydropyridines is 1. The Balaban J connectivity index is 1.56. The molecule has 2 aromatic carbocycles. The van der Waals surface area contributed by atoms with E-state index in [0.717, 1.165) is 45.6 Å². The van der Waals surface area contributed by atoms with Crippen LogP contribution in [0.15, 0.2) is 77.1 Å². The monoisotopic (exact) mass is 415 g/mol. The van der Waals surface area contributed by atoms with Gasteiger partial charge in [0.25, 0.3) is 5.91 Å². The lowest BCUT2D eigenvalue weighted by molar-refractivity contribution is -0.116. The molecule has 0 bridgehead atoms. The van der Waals surface area contributed by atoms with E-state index in [1.54, 1.807) is 0 Å². The van der Waals surface area contributed by atoms with Crippen molar-refractivity contribution in [2.45, 2.75) is 32.1 Å². The molecule has 0 saturated carbocycles. The number of anilines is 1. The van der Waals surface area contributed by atoms with E-state index >= 15 is 0 Å². The molecule has 6 heteroatoms. The molecule has 0 radical (unpaired) electrons. The summed E-state index contributed by atoms with van der Waals surface area (Å²) in [4.78, 5) is 30.9. The Morgan fingerprint density at radius 1 is 1.10 bits per heavy atom. The highest BCUT2D eigenvalue weighted by molar-refractivity contribution is 7.22. The molecule has 1 aromatic heterocycles. The Bertz CT molecular complexity index is 1190. The van der Waals surface area contributed by atoms with E-state index in [0.29, 0.717) is 17.1 Å². The number of carbonyl (C=O) groups excluding carboxylic acids is 2. The van der Waals surface area contributed by atoms with Crippen molar-refractivity contribution in [1.82, 2.24) is 10.3 Å². The third kappa shape index (κ3) is 3.23. The molecule has 1 aliphatic carbocycles. The molecule has 2 aliphatic rings. The minimum absolute atomic E-state index is 0.121. The highest BCUT2D eigenvalue weighted by atomic mass is 32.1. The smallest absolute Gasteiger partial charge is 0.256 e. The maximum atomic E-state index is 13.4. The van der Waals surface area contributed by atoms with Crippen LogP contribution in [-0.4, -0.2) is 16.7 Å². The number of rotatable bonds is 3. The van der Waals surface area contributed by atoms with Gasteiger partial charge in [-0.15, -0.1) is 0 Å². The number of thiazole rings is 1. The lowest BCUT2D eigenvalue weighted by atomic mass is 9.75. The van der Waals surface area contributed by atoms with Gasteiger partial charge >= 0.3 is 0 Å². The molecule has 1 atom stereocenters. The average molecular weight is 416 g/mol. The zero-order valence-corrected chi connectivity index (χ0v) is 17.4. The Morgan fingerprint density at radius 3 is 2.67 bits per heavy atom. The van der Waals surface area contributed by atoms with Gasteiger partial charge in [0.15, 0.2) is 10.9 Å². The van der Waals surface area contributed by atoms with Gasteiger partial charge in [-0.25, -0.2) is 4.98 Å². The lowest BCUT2D eigenvalue weighted by Crippen LogP contribution is -2.35. The van der Waals surface area contributed by atoms with E-state index in [-0.39, 0.29) is 17.6 Å². The van der Waals surface area contributed by atoms with Gasteiger partial charge in [0.05, 0.1) is 10.2 Å². The molecule has 1 unspecified atom stereocenters. The summed E-state index contributed by atoms with van der Waals surface area (Å²) in [5.74, 6) is -0.474. The average Bonchev–Trinajstić information content (AvgIpc) is 3.15. The summed E-state index contributed by atoms with van der Waals surface area (Å²) >= 11 is 1.45. The van der Waals surface area contributed by atoms with Crippen molar-refractivity contribution < 1.29 is 9.59 Å². The number of Topliss-reactive ketones (excluding diaryl/α,β-unsaturated/α-hetero) is 1. The van der Waals surface area contributed by atoms with Crippen molar-refractivity contribution in [1.29, 1.82) is 0 Å². The molecule has 5 nitrogen and oxygen atoms in total. The number of hydrogen-bond acceptors (Lipinski definition) is 5. The highest BCUT2D eigenvalue weighted by Crippen LogP contribution is 2.42. The van der Waals surface area contributed by atoms with Gasteiger partial charge in [0.2, 0.25) is 0 Å². The fourth-order valence-electron chi connectivity index (χ4n) is 4.35. The van der Waals surface area contributed by atoms with E-state index in [9.17, 15) is 9.59 Å². The van der Waals surface area contributed by atoms with Crippen LogP contribution >= 0.6 is 11.3 Å². The largest absolute Gasteiger partial charge is 0.362 e.